The van der Waals surface area contributed by atoms with Gasteiger partial charge in [-0.25, -0.2) is 4.79 Å². The summed E-state index contributed by atoms with van der Waals surface area (Å²) in [4.78, 5) is 17.9. The van der Waals surface area contributed by atoms with E-state index in [-0.39, 0.29) is 6.09 Å². The lowest BCUT2D eigenvalue weighted by molar-refractivity contribution is 0.0963. The molecule has 1 amide bonds. The van der Waals surface area contributed by atoms with E-state index < -0.39 is 0 Å². The molecule has 0 radical (unpaired) electrons. The molecule has 7 heteroatoms. The molecule has 1 saturated heterocycles. The number of halogens is 1. The van der Waals surface area contributed by atoms with Crippen LogP contribution >= 0.6 is 15.9 Å². The van der Waals surface area contributed by atoms with Gasteiger partial charge in [0.25, 0.3) is 0 Å². The minimum Gasteiger partial charge on any atom is -0.450 e. The molecule has 1 heterocycles. The minimum atomic E-state index is -0.205. The summed E-state index contributed by atoms with van der Waals surface area (Å²) >= 11 is 3.48. The van der Waals surface area contributed by atoms with E-state index >= 15 is 0 Å². The van der Waals surface area contributed by atoms with Crippen molar-refractivity contribution in [1.29, 1.82) is 0 Å². The summed E-state index contributed by atoms with van der Waals surface area (Å²) in [5.41, 5.74) is 1.36. The maximum Gasteiger partial charge on any atom is 0.409 e. The molecule has 0 aromatic heterocycles. The Bertz CT molecular complexity index is 641. The van der Waals surface area contributed by atoms with Crippen molar-refractivity contribution in [3.63, 3.8) is 0 Å². The van der Waals surface area contributed by atoms with Crippen LogP contribution in [0.5, 0.6) is 0 Å². The third kappa shape index (κ3) is 4.90. The van der Waals surface area contributed by atoms with E-state index in [1.54, 1.807) is 11.9 Å². The van der Waals surface area contributed by atoms with E-state index in [4.69, 9.17) is 4.74 Å². The van der Waals surface area contributed by atoms with Crippen LogP contribution in [0.1, 0.15) is 37.7 Å². The second kappa shape index (κ2) is 8.75. The highest BCUT2D eigenvalue weighted by Crippen LogP contribution is 2.41. The van der Waals surface area contributed by atoms with Crippen molar-refractivity contribution in [2.45, 2.75) is 44.2 Å². The fourth-order valence-electron chi connectivity index (χ4n) is 3.39. The third-order valence-corrected chi connectivity index (χ3v) is 5.52. The number of ether oxygens (including phenoxy) is 1. The van der Waals surface area contributed by atoms with Crippen LogP contribution in [0.4, 0.5) is 4.79 Å². The van der Waals surface area contributed by atoms with Gasteiger partial charge in [0.2, 0.25) is 0 Å². The summed E-state index contributed by atoms with van der Waals surface area (Å²) in [5, 5.41) is 7.03. The number of carbonyl (C=O) groups excluding carboxylic acids is 1. The van der Waals surface area contributed by atoms with Crippen LogP contribution in [0.3, 0.4) is 0 Å². The molecule has 3 rings (SSSR count). The Kier molecular flexibility index (Phi) is 6.40. The summed E-state index contributed by atoms with van der Waals surface area (Å²) in [6.07, 6.45) is 2.73. The van der Waals surface area contributed by atoms with Crippen molar-refractivity contribution >= 4 is 28.0 Å². The Labute approximate surface area is 163 Å². The van der Waals surface area contributed by atoms with E-state index in [0.717, 1.165) is 42.8 Å². The van der Waals surface area contributed by atoms with Crippen LogP contribution in [-0.4, -0.2) is 55.8 Å². The topological polar surface area (TPSA) is 66.0 Å². The molecule has 1 aromatic carbocycles. The number of nitrogens with one attached hydrogen (secondary N) is 2. The lowest BCUT2D eigenvalue weighted by atomic mass is 10.1. The maximum atomic E-state index is 11.8. The molecule has 1 aliphatic heterocycles. The second-order valence-electron chi connectivity index (χ2n) is 6.82. The quantitative estimate of drug-likeness (QED) is 0.577. The van der Waals surface area contributed by atoms with Crippen LogP contribution in [0.15, 0.2) is 33.7 Å². The van der Waals surface area contributed by atoms with E-state index in [0.29, 0.717) is 24.6 Å². The first-order valence-electron chi connectivity index (χ1n) is 9.27. The molecular weight excluding hydrogens is 396 g/mol. The Morgan fingerprint density at radius 2 is 1.96 bits per heavy atom. The predicted octanol–water partition coefficient (Wildman–Crippen LogP) is 3.09. The van der Waals surface area contributed by atoms with Gasteiger partial charge in [-0.05, 0) is 43.9 Å². The number of aliphatic imine (C=N–C) groups is 1. The fourth-order valence-corrected chi connectivity index (χ4v) is 3.66. The Morgan fingerprint density at radius 1 is 1.27 bits per heavy atom. The molecule has 1 aromatic rings. The number of nitrogens with zero attached hydrogens (tertiary/aromatic N) is 2. The van der Waals surface area contributed by atoms with E-state index in [2.05, 4.69) is 55.8 Å². The smallest absolute Gasteiger partial charge is 0.409 e. The largest absolute Gasteiger partial charge is 0.450 e. The number of hydrogen-bond donors (Lipinski definition) is 2. The highest BCUT2D eigenvalue weighted by molar-refractivity contribution is 9.10. The number of likely N-dealkylation sites (tertiary alicyclic amines) is 1. The first-order valence-corrected chi connectivity index (χ1v) is 10.1. The highest BCUT2D eigenvalue weighted by Gasteiger charge is 2.39. The number of amides is 1. The SMILES string of the molecule is CCOC(=O)N1CCC(NC(=NC)NC2CC2c2ccc(Br)cc2)CC1. The van der Waals surface area contributed by atoms with Gasteiger partial charge in [0.05, 0.1) is 6.61 Å². The Morgan fingerprint density at radius 3 is 2.58 bits per heavy atom. The van der Waals surface area contributed by atoms with Gasteiger partial charge in [-0.3, -0.25) is 4.99 Å². The molecule has 2 N–H and O–H groups in total. The number of hydrogen-bond acceptors (Lipinski definition) is 3. The lowest BCUT2D eigenvalue weighted by Gasteiger charge is -2.32. The third-order valence-electron chi connectivity index (χ3n) is 5.00. The molecule has 6 nitrogen and oxygen atoms in total. The molecule has 2 fully saturated rings. The number of benzene rings is 1. The first-order chi connectivity index (χ1) is 12.6. The van der Waals surface area contributed by atoms with Crippen LogP contribution in [0, 0.1) is 0 Å². The highest BCUT2D eigenvalue weighted by atomic mass is 79.9. The summed E-state index contributed by atoms with van der Waals surface area (Å²) < 4.78 is 6.18. The van der Waals surface area contributed by atoms with Crippen LogP contribution in [0.25, 0.3) is 0 Å². The average molecular weight is 423 g/mol. The van der Waals surface area contributed by atoms with Crippen molar-refractivity contribution in [3.05, 3.63) is 34.3 Å². The van der Waals surface area contributed by atoms with Crippen molar-refractivity contribution in [2.24, 2.45) is 4.99 Å². The van der Waals surface area contributed by atoms with Gasteiger partial charge >= 0.3 is 6.09 Å². The molecule has 2 atom stereocenters. The van der Waals surface area contributed by atoms with Gasteiger partial charge in [-0.15, -0.1) is 0 Å². The number of rotatable bonds is 4. The minimum absolute atomic E-state index is 0.205. The van der Waals surface area contributed by atoms with Gasteiger partial charge in [0.15, 0.2) is 5.96 Å². The zero-order valence-electron chi connectivity index (χ0n) is 15.4. The second-order valence-corrected chi connectivity index (χ2v) is 7.74. The molecule has 142 valence electrons. The van der Waals surface area contributed by atoms with Crippen molar-refractivity contribution < 1.29 is 9.53 Å². The lowest BCUT2D eigenvalue weighted by Crippen LogP contribution is -2.50. The van der Waals surface area contributed by atoms with E-state index in [9.17, 15) is 4.79 Å². The average Bonchev–Trinajstić information content (AvgIpc) is 3.41. The molecule has 0 bridgehead atoms. The molecule has 2 aliphatic rings. The van der Waals surface area contributed by atoms with Gasteiger partial charge < -0.3 is 20.3 Å². The summed E-state index contributed by atoms with van der Waals surface area (Å²) in [6.45, 7) is 3.70. The fraction of sp³-hybridized carbons (Fsp3) is 0.579. The number of piperidine rings is 1. The van der Waals surface area contributed by atoms with Gasteiger partial charge in [0.1, 0.15) is 0 Å². The van der Waals surface area contributed by atoms with Gasteiger partial charge in [-0.2, -0.15) is 0 Å². The van der Waals surface area contributed by atoms with Crippen molar-refractivity contribution in [3.8, 4) is 0 Å². The Balaban J connectivity index is 1.43. The summed E-state index contributed by atoms with van der Waals surface area (Å²) in [7, 11) is 1.81. The van der Waals surface area contributed by atoms with E-state index in [1.807, 2.05) is 6.92 Å². The molecule has 1 aliphatic carbocycles. The van der Waals surface area contributed by atoms with Gasteiger partial charge in [0, 0.05) is 42.6 Å². The molecule has 0 spiro atoms. The van der Waals surface area contributed by atoms with Gasteiger partial charge in [-0.1, -0.05) is 28.1 Å². The number of guanidine groups is 1. The van der Waals surface area contributed by atoms with Crippen molar-refractivity contribution in [2.75, 3.05) is 26.7 Å². The van der Waals surface area contributed by atoms with E-state index in [1.165, 1.54) is 5.56 Å². The summed E-state index contributed by atoms with van der Waals surface area (Å²) in [6, 6.07) is 9.30. The summed E-state index contributed by atoms with van der Waals surface area (Å²) in [5.74, 6) is 1.40. The molecule has 2 unspecified atom stereocenters. The first kappa shape index (κ1) is 19.0. The normalized spacial score (nSPS) is 23.5. The monoisotopic (exact) mass is 422 g/mol. The van der Waals surface area contributed by atoms with Crippen LogP contribution < -0.4 is 10.6 Å². The zero-order valence-corrected chi connectivity index (χ0v) is 17.0. The number of carbonyl (C=O) groups is 1. The van der Waals surface area contributed by atoms with Crippen LogP contribution in [-0.2, 0) is 4.74 Å². The van der Waals surface area contributed by atoms with Crippen molar-refractivity contribution in [1.82, 2.24) is 15.5 Å². The van der Waals surface area contributed by atoms with Crippen LogP contribution in [0.2, 0.25) is 0 Å². The molecule has 1 saturated carbocycles. The predicted molar refractivity (Wildman–Crippen MR) is 107 cm³/mol. The zero-order chi connectivity index (χ0) is 18.5. The molecule has 26 heavy (non-hydrogen) atoms. The maximum absolute atomic E-state index is 11.8. The standard InChI is InChI=1S/C19H27BrN4O2/c1-3-26-19(25)24-10-8-15(9-11-24)22-18(21-2)23-17-12-16(17)13-4-6-14(20)7-5-13/h4-7,15-17H,3,8-12H2,1-2H3,(H2,21,22,23). The Hall–Kier alpha value is -1.76. The molecular formula is C19H27BrN4O2.